The number of ether oxygens (including phenoxy) is 3. The van der Waals surface area contributed by atoms with Gasteiger partial charge in [0.1, 0.15) is 0 Å². The number of phosphoric ester groups is 1. The van der Waals surface area contributed by atoms with Crippen LogP contribution in [0.4, 0.5) is 0 Å². The molecule has 0 N–H and O–H groups in total. The van der Waals surface area contributed by atoms with E-state index in [1.165, 1.54) is 212 Å². The maximum absolute atomic E-state index is 15.0. The molecule has 3 unspecified atom stereocenters. The lowest BCUT2D eigenvalue weighted by Crippen LogP contribution is -2.27. The Balaban J connectivity index is 5.66. The second kappa shape index (κ2) is 55.5. The number of rotatable bonds is 60. The monoisotopic (exact) mass is 1060 g/mol. The Labute approximate surface area is 456 Å². The molecule has 0 aromatic heterocycles. The first-order valence-corrected chi connectivity index (χ1v) is 32.8. The zero-order valence-corrected chi connectivity index (χ0v) is 49.5. The van der Waals surface area contributed by atoms with E-state index in [1.807, 2.05) is 0 Å². The third kappa shape index (κ3) is 49.3. The molecule has 0 saturated heterocycles. The first kappa shape index (κ1) is 71.7. The van der Waals surface area contributed by atoms with Gasteiger partial charge in [-0.2, -0.15) is 0 Å². The van der Waals surface area contributed by atoms with Crippen LogP contribution in [0, 0.1) is 0 Å². The van der Waals surface area contributed by atoms with Crippen LogP contribution in [0.25, 0.3) is 0 Å². The minimum atomic E-state index is -4.79. The van der Waals surface area contributed by atoms with Gasteiger partial charge < -0.3 is 14.2 Å². The van der Waals surface area contributed by atoms with Crippen molar-refractivity contribution in [1.29, 1.82) is 0 Å². The number of hydrogen-bond donors (Lipinski definition) is 0. The molecule has 0 spiro atoms. The lowest BCUT2D eigenvalue weighted by molar-refractivity contribution is -0.180. The zero-order chi connectivity index (χ0) is 54.3. The van der Waals surface area contributed by atoms with E-state index in [0.29, 0.717) is 19.3 Å². The normalized spacial score (nSPS) is 13.4. The van der Waals surface area contributed by atoms with E-state index < -0.39 is 44.6 Å². The molecule has 0 bridgehead atoms. The fraction of sp³-hybridized carbons (Fsp3) is 0.857. The summed E-state index contributed by atoms with van der Waals surface area (Å²) >= 11 is 0. The Morgan fingerprint density at radius 2 is 0.446 bits per heavy atom. The van der Waals surface area contributed by atoms with Crippen molar-refractivity contribution in [3.8, 4) is 0 Å². The SMILES string of the molecule is C=CC(=O)OC(CCCCCCCCCCCCCCCCC)OP(=O)(OC(CCCCCCCCCCCCCCCCC)OC(=O)C=C)OC(CCCCCCCCCCCCCCCCC)OC(=O)C=C. The second-order valence-electron chi connectivity index (χ2n) is 21.2. The van der Waals surface area contributed by atoms with Gasteiger partial charge >= 0.3 is 25.7 Å². The molecule has 0 aliphatic heterocycles. The molecule has 0 radical (unpaired) electrons. The van der Waals surface area contributed by atoms with E-state index in [9.17, 15) is 14.4 Å². The molecule has 0 heterocycles. The predicted molar refractivity (Wildman–Crippen MR) is 310 cm³/mol. The average molecular weight is 1070 g/mol. The van der Waals surface area contributed by atoms with Crippen LogP contribution in [-0.4, -0.2) is 36.8 Å². The summed E-state index contributed by atoms with van der Waals surface area (Å²) in [6, 6.07) is 0. The van der Waals surface area contributed by atoms with E-state index >= 15 is 4.57 Å². The minimum Gasteiger partial charge on any atom is -0.432 e. The maximum Gasteiger partial charge on any atom is 0.484 e. The Kier molecular flexibility index (Phi) is 53.8. The molecule has 0 aliphatic rings. The van der Waals surface area contributed by atoms with Crippen LogP contribution in [0.5, 0.6) is 0 Å². The van der Waals surface area contributed by atoms with E-state index in [-0.39, 0.29) is 19.3 Å². The summed E-state index contributed by atoms with van der Waals surface area (Å²) in [6.45, 7) is 17.4. The van der Waals surface area contributed by atoms with Crippen molar-refractivity contribution in [2.75, 3.05) is 0 Å². The Morgan fingerprint density at radius 1 is 0.297 bits per heavy atom. The van der Waals surface area contributed by atoms with Crippen LogP contribution in [0.15, 0.2) is 38.0 Å². The molecule has 11 heteroatoms. The van der Waals surface area contributed by atoms with Crippen LogP contribution < -0.4 is 0 Å². The smallest absolute Gasteiger partial charge is 0.432 e. The van der Waals surface area contributed by atoms with Gasteiger partial charge in [0.05, 0.1) is 0 Å². The highest BCUT2D eigenvalue weighted by molar-refractivity contribution is 7.48. The van der Waals surface area contributed by atoms with Gasteiger partial charge in [0, 0.05) is 37.5 Å². The van der Waals surface area contributed by atoms with Crippen molar-refractivity contribution < 1.29 is 46.7 Å². The first-order chi connectivity index (χ1) is 36.2. The fourth-order valence-electron chi connectivity index (χ4n) is 9.49. The Hall–Kier alpha value is -2.26. The topological polar surface area (TPSA) is 124 Å². The number of carbonyl (C=O) groups excluding carboxylic acids is 3. The molecular formula is C63H117O10P. The molecule has 0 rings (SSSR count). The largest absolute Gasteiger partial charge is 0.484 e. The van der Waals surface area contributed by atoms with Crippen molar-refractivity contribution in [2.45, 2.75) is 348 Å². The van der Waals surface area contributed by atoms with Gasteiger partial charge in [-0.3, -0.25) is 0 Å². The summed E-state index contributed by atoms with van der Waals surface area (Å²) in [6.07, 6.45) is 53.4. The van der Waals surface area contributed by atoms with Gasteiger partial charge in [-0.1, -0.05) is 310 Å². The molecule has 3 atom stereocenters. The maximum atomic E-state index is 15.0. The summed E-state index contributed by atoms with van der Waals surface area (Å²) < 4.78 is 50.0. The lowest BCUT2D eigenvalue weighted by atomic mass is 10.0. The van der Waals surface area contributed by atoms with Crippen molar-refractivity contribution in [1.82, 2.24) is 0 Å². The van der Waals surface area contributed by atoms with Crippen molar-refractivity contribution in [3.63, 3.8) is 0 Å². The van der Waals surface area contributed by atoms with Crippen LogP contribution in [0.1, 0.15) is 329 Å². The molecule has 434 valence electrons. The second-order valence-corrected chi connectivity index (χ2v) is 22.7. The van der Waals surface area contributed by atoms with Crippen molar-refractivity contribution in [2.24, 2.45) is 0 Å². The predicted octanol–water partition coefficient (Wildman–Crippen LogP) is 21.1. The van der Waals surface area contributed by atoms with Crippen LogP contribution in [-0.2, 0) is 46.7 Å². The summed E-state index contributed by atoms with van der Waals surface area (Å²) in [5.74, 6) is -2.29. The highest BCUT2D eigenvalue weighted by atomic mass is 31.2. The van der Waals surface area contributed by atoms with E-state index in [4.69, 9.17) is 27.8 Å². The average Bonchev–Trinajstić information content (AvgIpc) is 3.39. The molecule has 10 nitrogen and oxygen atoms in total. The molecule has 74 heavy (non-hydrogen) atoms. The first-order valence-electron chi connectivity index (χ1n) is 31.3. The van der Waals surface area contributed by atoms with E-state index in [2.05, 4.69) is 40.5 Å². The highest BCUT2D eigenvalue weighted by Gasteiger charge is 2.40. The van der Waals surface area contributed by atoms with Crippen LogP contribution in [0.3, 0.4) is 0 Å². The highest BCUT2D eigenvalue weighted by Crippen LogP contribution is 2.54. The van der Waals surface area contributed by atoms with Gasteiger partial charge in [-0.25, -0.2) is 32.5 Å². The Bertz CT molecular complexity index is 1200. The molecule has 0 aliphatic carbocycles. The number of phosphoric acid groups is 1. The quantitative estimate of drug-likeness (QED) is 0.0145. The fourth-order valence-corrected chi connectivity index (χ4v) is 10.9. The summed E-state index contributed by atoms with van der Waals surface area (Å²) in [5.41, 5.74) is 0. The molecular weight excluding hydrogens is 948 g/mol. The van der Waals surface area contributed by atoms with Gasteiger partial charge in [0.2, 0.25) is 18.9 Å². The van der Waals surface area contributed by atoms with Crippen LogP contribution in [0.2, 0.25) is 0 Å². The number of hydrogen-bond acceptors (Lipinski definition) is 10. The molecule has 0 saturated carbocycles. The third-order valence-electron chi connectivity index (χ3n) is 14.1. The van der Waals surface area contributed by atoms with E-state index in [0.717, 1.165) is 76.0 Å². The molecule has 0 aromatic carbocycles. The van der Waals surface area contributed by atoms with Gasteiger partial charge in [-0.05, 0) is 19.3 Å². The van der Waals surface area contributed by atoms with Gasteiger partial charge in [0.15, 0.2) is 0 Å². The number of unbranched alkanes of at least 4 members (excludes halogenated alkanes) is 42. The molecule has 0 amide bonds. The lowest BCUT2D eigenvalue weighted by Gasteiger charge is -2.29. The minimum absolute atomic E-state index is 0.209. The van der Waals surface area contributed by atoms with Crippen LogP contribution >= 0.6 is 7.82 Å². The standard InChI is InChI=1S/C63H117O10P/c1-7-13-16-19-22-25-28-31-34-37-40-43-46-49-52-55-61(68-58(64)10-4)71-74(67,72-62(69-59(65)11-5)56-53-50-47-44-41-38-35-32-29-26-23-20-17-14-8-2)73-63(70-60(66)12-6)57-54-51-48-45-42-39-36-33-30-27-24-21-18-15-9-3/h10-12,61-63H,4-9,13-57H2,1-3H3. The summed E-state index contributed by atoms with van der Waals surface area (Å²) in [7, 11) is -4.79. The van der Waals surface area contributed by atoms with Gasteiger partial charge in [0.25, 0.3) is 0 Å². The van der Waals surface area contributed by atoms with E-state index in [1.54, 1.807) is 0 Å². The summed E-state index contributed by atoms with van der Waals surface area (Å²) in [5, 5.41) is 0. The zero-order valence-electron chi connectivity index (χ0n) is 48.6. The molecule has 0 aromatic rings. The third-order valence-corrected chi connectivity index (χ3v) is 15.6. The molecule has 0 fully saturated rings. The van der Waals surface area contributed by atoms with Crippen molar-refractivity contribution in [3.05, 3.63) is 38.0 Å². The number of carbonyl (C=O) groups is 3. The van der Waals surface area contributed by atoms with Crippen molar-refractivity contribution >= 4 is 25.7 Å². The number of esters is 3. The summed E-state index contributed by atoms with van der Waals surface area (Å²) in [4.78, 5) is 38.0. The Morgan fingerprint density at radius 3 is 0.595 bits per heavy atom. The van der Waals surface area contributed by atoms with Gasteiger partial charge in [-0.15, -0.1) is 0 Å².